The van der Waals surface area contributed by atoms with E-state index in [4.69, 9.17) is 5.26 Å². The van der Waals surface area contributed by atoms with Crippen molar-refractivity contribution < 1.29 is 18.0 Å². The monoisotopic (exact) mass is 523 g/mol. The van der Waals surface area contributed by atoms with Crippen molar-refractivity contribution in [2.75, 3.05) is 18.5 Å². The summed E-state index contributed by atoms with van der Waals surface area (Å²) in [6.07, 6.45) is -2.75. The molecule has 12 heteroatoms. The van der Waals surface area contributed by atoms with Crippen LogP contribution in [0.5, 0.6) is 0 Å². The van der Waals surface area contributed by atoms with Gasteiger partial charge in [-0.1, -0.05) is 40.8 Å². The Morgan fingerprint density at radius 3 is 2.73 bits per heavy atom. The molecule has 1 amide bonds. The normalized spacial score (nSPS) is 13.7. The van der Waals surface area contributed by atoms with Crippen LogP contribution in [0.3, 0.4) is 0 Å². The van der Waals surface area contributed by atoms with Crippen molar-refractivity contribution in [3.8, 4) is 17.3 Å². The van der Waals surface area contributed by atoms with Gasteiger partial charge < -0.3 is 4.90 Å². The molecule has 37 heavy (non-hydrogen) atoms. The van der Waals surface area contributed by atoms with Gasteiger partial charge in [0, 0.05) is 30.0 Å². The standard InChI is InChI=1S/C25H20F3N7OS/c1-33-10-9-20-22(15-33)37-24(30-20)35(23(36)25(26,27)28)19-4-2-3-17(11-19)13-34-14-21(31-32-34)18-7-5-16(12-29)6-8-18/h2-8,11,14H,9-10,13,15H2,1H3. The molecule has 0 spiro atoms. The lowest BCUT2D eigenvalue weighted by molar-refractivity contribution is -0.169. The first-order valence-corrected chi connectivity index (χ1v) is 12.1. The lowest BCUT2D eigenvalue weighted by Crippen LogP contribution is -2.38. The Morgan fingerprint density at radius 2 is 2.00 bits per heavy atom. The molecule has 2 aromatic carbocycles. The van der Waals surface area contributed by atoms with E-state index in [0.29, 0.717) is 34.7 Å². The summed E-state index contributed by atoms with van der Waals surface area (Å²) in [5.74, 6) is -1.99. The summed E-state index contributed by atoms with van der Waals surface area (Å²) in [5, 5.41) is 17.2. The second kappa shape index (κ2) is 9.76. The SMILES string of the molecule is CN1CCc2nc(N(C(=O)C(F)(F)F)c3cccc(Cn4cc(-c5ccc(C#N)cc5)nn4)c3)sc2C1. The molecule has 0 bridgehead atoms. The molecule has 0 saturated heterocycles. The first kappa shape index (κ1) is 24.6. The summed E-state index contributed by atoms with van der Waals surface area (Å²) in [4.78, 5) is 20.5. The molecule has 1 aliphatic heterocycles. The summed E-state index contributed by atoms with van der Waals surface area (Å²) in [6, 6.07) is 15.3. The Balaban J connectivity index is 1.43. The van der Waals surface area contributed by atoms with Crippen molar-refractivity contribution >= 4 is 28.1 Å². The van der Waals surface area contributed by atoms with Gasteiger partial charge in [0.25, 0.3) is 0 Å². The van der Waals surface area contributed by atoms with Crippen LogP contribution in [0.4, 0.5) is 24.0 Å². The van der Waals surface area contributed by atoms with Crippen LogP contribution in [0.25, 0.3) is 11.3 Å². The van der Waals surface area contributed by atoms with E-state index in [1.165, 1.54) is 12.1 Å². The largest absolute Gasteiger partial charge is 0.472 e. The fraction of sp³-hybridized carbons (Fsp3) is 0.240. The maximum Gasteiger partial charge on any atom is 0.472 e. The van der Waals surface area contributed by atoms with Crippen molar-refractivity contribution in [3.05, 3.63) is 76.4 Å². The number of fused-ring (bicyclic) bond motifs is 1. The lowest BCUT2D eigenvalue weighted by Gasteiger charge is -2.21. The van der Waals surface area contributed by atoms with Crippen molar-refractivity contribution in [2.24, 2.45) is 0 Å². The van der Waals surface area contributed by atoms with E-state index in [9.17, 15) is 18.0 Å². The van der Waals surface area contributed by atoms with Gasteiger partial charge in [-0.15, -0.1) is 5.10 Å². The number of anilines is 2. The molecule has 2 aromatic heterocycles. The second-order valence-electron chi connectivity index (χ2n) is 8.65. The zero-order valence-corrected chi connectivity index (χ0v) is 20.4. The van der Waals surface area contributed by atoms with E-state index in [-0.39, 0.29) is 17.4 Å². The molecule has 5 rings (SSSR count). The molecule has 0 atom stereocenters. The van der Waals surface area contributed by atoms with E-state index in [1.54, 1.807) is 47.3 Å². The fourth-order valence-corrected chi connectivity index (χ4v) is 5.26. The van der Waals surface area contributed by atoms with Gasteiger partial charge in [0.15, 0.2) is 5.13 Å². The van der Waals surface area contributed by atoms with Crippen molar-refractivity contribution in [1.29, 1.82) is 5.26 Å². The molecule has 188 valence electrons. The molecule has 0 fully saturated rings. The molecule has 0 aliphatic carbocycles. The Bertz CT molecular complexity index is 1490. The Hall–Kier alpha value is -4.08. The number of nitriles is 1. The number of hydrogen-bond donors (Lipinski definition) is 0. The first-order valence-electron chi connectivity index (χ1n) is 11.3. The predicted octanol–water partition coefficient (Wildman–Crippen LogP) is 4.54. The average molecular weight is 524 g/mol. The highest BCUT2D eigenvalue weighted by Gasteiger charge is 2.45. The van der Waals surface area contributed by atoms with E-state index >= 15 is 0 Å². The summed E-state index contributed by atoms with van der Waals surface area (Å²) >= 11 is 1.10. The highest BCUT2D eigenvalue weighted by atomic mass is 32.1. The zero-order chi connectivity index (χ0) is 26.2. The van der Waals surface area contributed by atoms with Gasteiger partial charge in [-0.2, -0.15) is 18.4 Å². The maximum absolute atomic E-state index is 13.6. The number of carbonyl (C=O) groups is 1. The van der Waals surface area contributed by atoms with E-state index < -0.39 is 12.1 Å². The van der Waals surface area contributed by atoms with Crippen LogP contribution in [0, 0.1) is 11.3 Å². The molecule has 3 heterocycles. The van der Waals surface area contributed by atoms with Gasteiger partial charge in [-0.25, -0.2) is 14.6 Å². The third-order valence-electron chi connectivity index (χ3n) is 5.91. The van der Waals surface area contributed by atoms with E-state index in [0.717, 1.165) is 34.0 Å². The van der Waals surface area contributed by atoms with Gasteiger partial charge in [0.1, 0.15) is 5.69 Å². The number of likely N-dealkylation sites (N-methyl/N-ethyl adjacent to an activating group) is 1. The predicted molar refractivity (Wildman–Crippen MR) is 131 cm³/mol. The minimum absolute atomic E-state index is 0.00336. The summed E-state index contributed by atoms with van der Waals surface area (Å²) in [6.45, 7) is 1.56. The maximum atomic E-state index is 13.6. The highest BCUT2D eigenvalue weighted by Crippen LogP contribution is 2.37. The number of thiazole rings is 1. The van der Waals surface area contributed by atoms with Gasteiger partial charge in [-0.05, 0) is 36.9 Å². The number of aromatic nitrogens is 4. The number of amides is 1. The molecular formula is C25H20F3N7OS. The molecule has 4 aromatic rings. The molecule has 0 radical (unpaired) electrons. The van der Waals surface area contributed by atoms with Crippen LogP contribution >= 0.6 is 11.3 Å². The number of nitrogens with zero attached hydrogens (tertiary/aromatic N) is 7. The van der Waals surface area contributed by atoms with Crippen LogP contribution in [0.1, 0.15) is 21.7 Å². The summed E-state index contributed by atoms with van der Waals surface area (Å²) < 4.78 is 42.4. The van der Waals surface area contributed by atoms with Gasteiger partial charge in [0.2, 0.25) is 0 Å². The van der Waals surface area contributed by atoms with Crippen LogP contribution in [-0.4, -0.2) is 50.6 Å². The van der Waals surface area contributed by atoms with Gasteiger partial charge in [-0.3, -0.25) is 4.79 Å². The number of carbonyl (C=O) groups excluding carboxylic acids is 1. The molecule has 1 aliphatic rings. The number of halogens is 3. The van der Waals surface area contributed by atoms with Crippen LogP contribution in [-0.2, 0) is 24.3 Å². The third kappa shape index (κ3) is 5.23. The number of hydrogen-bond acceptors (Lipinski definition) is 7. The second-order valence-corrected chi connectivity index (χ2v) is 9.71. The topological polar surface area (TPSA) is 90.9 Å². The van der Waals surface area contributed by atoms with Gasteiger partial charge in [0.05, 0.1) is 35.8 Å². The first-order chi connectivity index (χ1) is 17.7. The quantitative estimate of drug-likeness (QED) is 0.382. The molecule has 8 nitrogen and oxygen atoms in total. The van der Waals surface area contributed by atoms with Crippen LogP contribution in [0.15, 0.2) is 54.7 Å². The summed E-state index contributed by atoms with van der Waals surface area (Å²) in [5.41, 5.74) is 3.33. The van der Waals surface area contributed by atoms with Crippen LogP contribution < -0.4 is 4.90 Å². The van der Waals surface area contributed by atoms with Crippen molar-refractivity contribution in [1.82, 2.24) is 24.9 Å². The Labute approximate surface area is 214 Å². The zero-order valence-electron chi connectivity index (χ0n) is 19.6. The molecule has 0 saturated carbocycles. The van der Waals surface area contributed by atoms with E-state index in [2.05, 4.69) is 26.3 Å². The molecule has 0 unspecified atom stereocenters. The number of alkyl halides is 3. The van der Waals surface area contributed by atoms with Gasteiger partial charge >= 0.3 is 12.1 Å². The highest BCUT2D eigenvalue weighted by molar-refractivity contribution is 7.16. The minimum atomic E-state index is -5.07. The fourth-order valence-electron chi connectivity index (χ4n) is 4.05. The minimum Gasteiger partial charge on any atom is -0.301 e. The molecule has 0 N–H and O–H groups in total. The van der Waals surface area contributed by atoms with Crippen molar-refractivity contribution in [3.63, 3.8) is 0 Å². The lowest BCUT2D eigenvalue weighted by atomic mass is 10.1. The van der Waals surface area contributed by atoms with Crippen LogP contribution in [0.2, 0.25) is 0 Å². The van der Waals surface area contributed by atoms with Crippen molar-refractivity contribution in [2.45, 2.75) is 25.7 Å². The molecular weight excluding hydrogens is 503 g/mol. The smallest absolute Gasteiger partial charge is 0.301 e. The average Bonchev–Trinajstić information content (AvgIpc) is 3.50. The summed E-state index contributed by atoms with van der Waals surface area (Å²) in [7, 11) is 1.93. The number of rotatable bonds is 5. The third-order valence-corrected chi connectivity index (χ3v) is 6.98. The Kier molecular flexibility index (Phi) is 6.49. The number of benzene rings is 2. The van der Waals surface area contributed by atoms with E-state index in [1.807, 2.05) is 7.05 Å². The Morgan fingerprint density at radius 1 is 1.22 bits per heavy atom.